The van der Waals surface area contributed by atoms with E-state index in [9.17, 15) is 0 Å². The Bertz CT molecular complexity index is 480. The van der Waals surface area contributed by atoms with Gasteiger partial charge >= 0.3 is 0 Å². The summed E-state index contributed by atoms with van der Waals surface area (Å²) in [6.07, 6.45) is 3.77. The number of hydrogen-bond acceptors (Lipinski definition) is 4. The molecule has 3 nitrogen and oxygen atoms in total. The van der Waals surface area contributed by atoms with Gasteiger partial charge in [0.25, 0.3) is 0 Å². The summed E-state index contributed by atoms with van der Waals surface area (Å²) in [4.78, 5) is 8.02. The lowest BCUT2D eigenvalue weighted by Gasteiger charge is -2.28. The van der Waals surface area contributed by atoms with Gasteiger partial charge in [0.2, 0.25) is 0 Å². The number of pyridine rings is 1. The number of thiophene rings is 1. The molecule has 0 aliphatic rings. The van der Waals surface area contributed by atoms with Crippen molar-refractivity contribution in [2.45, 2.75) is 26.4 Å². The highest BCUT2D eigenvalue weighted by atomic mass is 32.1. The number of aromatic nitrogens is 1. The van der Waals surface area contributed by atoms with Crippen LogP contribution in [-0.4, -0.2) is 18.1 Å². The summed E-state index contributed by atoms with van der Waals surface area (Å²) in [5.74, 6) is 0. The van der Waals surface area contributed by atoms with Gasteiger partial charge in [0, 0.05) is 18.0 Å². The smallest absolute Gasteiger partial charge is 0.0579 e. The van der Waals surface area contributed by atoms with Crippen molar-refractivity contribution in [3.8, 4) is 0 Å². The van der Waals surface area contributed by atoms with Crippen molar-refractivity contribution in [3.63, 3.8) is 0 Å². The normalized spacial score (nSPS) is 10.7. The summed E-state index contributed by atoms with van der Waals surface area (Å²) >= 11 is 1.80. The van der Waals surface area contributed by atoms with Gasteiger partial charge in [0.15, 0.2) is 0 Å². The minimum absolute atomic E-state index is 0.445. The van der Waals surface area contributed by atoms with Gasteiger partial charge in [-0.05, 0) is 31.4 Å². The monoisotopic (exact) mass is 261 g/mol. The van der Waals surface area contributed by atoms with Crippen LogP contribution in [0.3, 0.4) is 0 Å². The first kappa shape index (κ1) is 12.9. The Hall–Kier alpha value is -1.55. The fraction of sp³-hybridized carbons (Fsp3) is 0.357. The molecule has 4 heteroatoms. The molecule has 0 aliphatic heterocycles. The maximum atomic E-state index is 4.29. The molecule has 96 valence electrons. The largest absolute Gasteiger partial charge is 0.387 e. The van der Waals surface area contributed by atoms with E-state index in [-0.39, 0.29) is 0 Å². The first-order chi connectivity index (χ1) is 8.70. The van der Waals surface area contributed by atoms with Gasteiger partial charge in [-0.2, -0.15) is 0 Å². The Morgan fingerprint density at radius 2 is 2.22 bits per heavy atom. The zero-order chi connectivity index (χ0) is 13.0. The molecule has 0 saturated carbocycles. The maximum absolute atomic E-state index is 4.29. The van der Waals surface area contributed by atoms with Crippen LogP contribution in [0, 0.1) is 0 Å². The van der Waals surface area contributed by atoms with Gasteiger partial charge < -0.3 is 10.2 Å². The van der Waals surface area contributed by atoms with Gasteiger partial charge in [-0.3, -0.25) is 4.98 Å². The highest BCUT2D eigenvalue weighted by molar-refractivity contribution is 7.09. The molecule has 2 heterocycles. The Kier molecular flexibility index (Phi) is 4.20. The quantitative estimate of drug-likeness (QED) is 0.891. The molecule has 0 aliphatic carbocycles. The molecule has 0 aromatic carbocycles. The van der Waals surface area contributed by atoms with E-state index in [2.05, 4.69) is 52.6 Å². The summed E-state index contributed by atoms with van der Waals surface area (Å²) in [5.41, 5.74) is 2.20. The highest BCUT2D eigenvalue weighted by Gasteiger charge is 2.12. The summed E-state index contributed by atoms with van der Waals surface area (Å²) in [5, 5.41) is 5.25. The van der Waals surface area contributed by atoms with Crippen molar-refractivity contribution in [2.75, 3.05) is 17.3 Å². The summed E-state index contributed by atoms with van der Waals surface area (Å²) in [6, 6.07) is 6.86. The predicted molar refractivity (Wildman–Crippen MR) is 79.4 cm³/mol. The van der Waals surface area contributed by atoms with Crippen LogP contribution in [0.1, 0.15) is 18.7 Å². The topological polar surface area (TPSA) is 28.2 Å². The molecule has 1 N–H and O–H groups in total. The third kappa shape index (κ3) is 3.01. The van der Waals surface area contributed by atoms with E-state index in [0.717, 1.165) is 17.9 Å². The Morgan fingerprint density at radius 1 is 1.39 bits per heavy atom. The molecular weight excluding hydrogens is 242 g/mol. The number of hydrogen-bond donors (Lipinski definition) is 1. The lowest BCUT2D eigenvalue weighted by Crippen LogP contribution is -2.29. The molecule has 2 rings (SSSR count). The van der Waals surface area contributed by atoms with Crippen LogP contribution in [0.5, 0.6) is 0 Å². The average molecular weight is 261 g/mol. The van der Waals surface area contributed by atoms with Crippen LogP contribution < -0.4 is 10.2 Å². The molecule has 0 atom stereocenters. The molecule has 0 saturated heterocycles. The molecule has 2 aromatic rings. The third-order valence-electron chi connectivity index (χ3n) is 2.87. The molecule has 18 heavy (non-hydrogen) atoms. The zero-order valence-electron chi connectivity index (χ0n) is 11.1. The summed E-state index contributed by atoms with van der Waals surface area (Å²) in [7, 11) is 1.92. The van der Waals surface area contributed by atoms with E-state index < -0.39 is 0 Å². The van der Waals surface area contributed by atoms with Crippen LogP contribution in [0.2, 0.25) is 0 Å². The zero-order valence-corrected chi connectivity index (χ0v) is 11.9. The molecule has 0 unspecified atom stereocenters. The molecular formula is C14H19N3S. The molecule has 0 spiro atoms. The fourth-order valence-corrected chi connectivity index (χ4v) is 2.57. The maximum Gasteiger partial charge on any atom is 0.0579 e. The second-order valence-electron chi connectivity index (χ2n) is 4.48. The van der Waals surface area contributed by atoms with E-state index in [1.165, 1.54) is 4.88 Å². The lowest BCUT2D eigenvalue weighted by atomic mass is 10.2. The van der Waals surface area contributed by atoms with Crippen molar-refractivity contribution in [1.82, 2.24) is 4.98 Å². The van der Waals surface area contributed by atoms with E-state index in [1.807, 2.05) is 19.4 Å². The second kappa shape index (κ2) is 5.87. The van der Waals surface area contributed by atoms with Crippen molar-refractivity contribution in [2.24, 2.45) is 0 Å². The predicted octanol–water partition coefficient (Wildman–Crippen LogP) is 3.60. The van der Waals surface area contributed by atoms with Crippen molar-refractivity contribution >= 4 is 22.7 Å². The molecule has 0 fully saturated rings. The van der Waals surface area contributed by atoms with Crippen LogP contribution in [0.25, 0.3) is 0 Å². The molecule has 0 radical (unpaired) electrons. The van der Waals surface area contributed by atoms with Crippen molar-refractivity contribution < 1.29 is 0 Å². The number of nitrogens with zero attached hydrogens (tertiary/aromatic N) is 2. The fourth-order valence-electron chi connectivity index (χ4n) is 1.86. The lowest BCUT2D eigenvalue weighted by molar-refractivity contribution is 0.686. The van der Waals surface area contributed by atoms with Crippen LogP contribution in [0.15, 0.2) is 36.0 Å². The molecule has 0 amide bonds. The highest BCUT2D eigenvalue weighted by Crippen LogP contribution is 2.23. The van der Waals surface area contributed by atoms with Crippen molar-refractivity contribution in [3.05, 3.63) is 40.8 Å². The molecule has 0 bridgehead atoms. The van der Waals surface area contributed by atoms with Gasteiger partial charge in [-0.25, -0.2) is 0 Å². The Balaban J connectivity index is 2.23. The number of rotatable bonds is 5. The molecule has 2 aromatic heterocycles. The van der Waals surface area contributed by atoms with Crippen LogP contribution in [-0.2, 0) is 6.54 Å². The summed E-state index contributed by atoms with van der Waals surface area (Å²) < 4.78 is 0. The first-order valence-electron chi connectivity index (χ1n) is 6.12. The van der Waals surface area contributed by atoms with Crippen molar-refractivity contribution in [1.29, 1.82) is 0 Å². The summed E-state index contributed by atoms with van der Waals surface area (Å²) in [6.45, 7) is 5.35. The van der Waals surface area contributed by atoms with Gasteiger partial charge in [-0.1, -0.05) is 6.07 Å². The number of nitrogens with one attached hydrogen (secondary N) is 1. The third-order valence-corrected chi connectivity index (χ3v) is 3.73. The van der Waals surface area contributed by atoms with Gasteiger partial charge in [0.05, 0.1) is 30.3 Å². The minimum Gasteiger partial charge on any atom is -0.387 e. The SMILES string of the molecule is CNc1cncc(N(Cc2cccs2)C(C)C)c1. The van der Waals surface area contributed by atoms with Crippen LogP contribution in [0.4, 0.5) is 11.4 Å². The van der Waals surface area contributed by atoms with E-state index in [1.54, 1.807) is 11.3 Å². The second-order valence-corrected chi connectivity index (χ2v) is 5.52. The minimum atomic E-state index is 0.445. The first-order valence-corrected chi connectivity index (χ1v) is 7.00. The van der Waals surface area contributed by atoms with E-state index >= 15 is 0 Å². The van der Waals surface area contributed by atoms with E-state index in [0.29, 0.717) is 6.04 Å². The van der Waals surface area contributed by atoms with Crippen LogP contribution >= 0.6 is 11.3 Å². The average Bonchev–Trinajstić information content (AvgIpc) is 2.88. The number of anilines is 2. The van der Waals surface area contributed by atoms with E-state index in [4.69, 9.17) is 0 Å². The Labute approximate surface area is 112 Å². The van der Waals surface area contributed by atoms with Gasteiger partial charge in [0.1, 0.15) is 0 Å². The van der Waals surface area contributed by atoms with Gasteiger partial charge in [-0.15, -0.1) is 11.3 Å². The Morgan fingerprint density at radius 3 is 2.83 bits per heavy atom. The standard InChI is InChI=1S/C14H19N3S/c1-11(2)17(10-14-5-4-6-18-14)13-7-12(15-3)8-16-9-13/h4-9,11,15H,10H2,1-3H3.